The number of carboxylic acid groups (broad SMARTS) is 1. The molecule has 1 aliphatic rings. The lowest BCUT2D eigenvalue weighted by molar-refractivity contribution is -0.139. The van der Waals surface area contributed by atoms with Crippen LogP contribution >= 0.6 is 0 Å². The molecular weight excluding hydrogens is 502 g/mol. The summed E-state index contributed by atoms with van der Waals surface area (Å²) >= 11 is 0. The topological polar surface area (TPSA) is 79.6 Å². The Bertz CT molecular complexity index is 1480. The molecule has 0 spiro atoms. The number of hydrogen-bond donors (Lipinski definition) is 1. The molecule has 0 amide bonds. The van der Waals surface area contributed by atoms with Gasteiger partial charge in [0.1, 0.15) is 12.4 Å². The quantitative estimate of drug-likeness (QED) is 0.514. The van der Waals surface area contributed by atoms with Crippen molar-refractivity contribution in [1.29, 1.82) is 0 Å². The van der Waals surface area contributed by atoms with Gasteiger partial charge in [-0.25, -0.2) is 12.8 Å². The van der Waals surface area contributed by atoms with E-state index in [2.05, 4.69) is 0 Å². The first-order valence-corrected chi connectivity index (χ1v) is 11.6. The molecule has 0 atom stereocenters. The summed E-state index contributed by atoms with van der Waals surface area (Å²) in [4.78, 5) is 10.2. The summed E-state index contributed by atoms with van der Waals surface area (Å²) in [6, 6.07) is 4.09. The van der Waals surface area contributed by atoms with Crippen LogP contribution in [0.25, 0.3) is 10.9 Å². The van der Waals surface area contributed by atoms with Crippen LogP contribution in [-0.2, 0) is 39.9 Å². The minimum Gasteiger partial charge on any atom is -0.480 e. The summed E-state index contributed by atoms with van der Waals surface area (Å²) in [5.41, 5.74) is -2.58. The summed E-state index contributed by atoms with van der Waals surface area (Å²) in [6.07, 6.45) is -5.71. The molecule has 2 aromatic carbocycles. The number of carboxylic acids is 1. The van der Waals surface area contributed by atoms with Gasteiger partial charge in [0, 0.05) is 35.6 Å². The second-order valence-electron chi connectivity index (χ2n) is 8.35. The van der Waals surface area contributed by atoms with Crippen LogP contribution in [0.1, 0.15) is 27.9 Å². The van der Waals surface area contributed by atoms with E-state index in [0.717, 1.165) is 19.2 Å². The van der Waals surface area contributed by atoms with Gasteiger partial charge in [0.15, 0.2) is 0 Å². The summed E-state index contributed by atoms with van der Waals surface area (Å²) in [7, 11) is -3.74. The van der Waals surface area contributed by atoms with Crippen LogP contribution in [0.15, 0.2) is 35.2 Å². The van der Waals surface area contributed by atoms with Crippen LogP contribution in [-0.4, -0.2) is 42.0 Å². The van der Waals surface area contributed by atoms with Crippen molar-refractivity contribution in [2.75, 3.05) is 13.6 Å². The van der Waals surface area contributed by atoms with E-state index >= 15 is 0 Å². The fourth-order valence-corrected chi connectivity index (χ4v) is 5.85. The third-order valence-electron chi connectivity index (χ3n) is 6.09. The van der Waals surface area contributed by atoms with Gasteiger partial charge in [-0.05, 0) is 48.4 Å². The average Bonchev–Trinajstić information content (AvgIpc) is 2.96. The van der Waals surface area contributed by atoms with Crippen LogP contribution in [0, 0.1) is 12.7 Å². The molecule has 1 aromatic heterocycles. The molecule has 1 N–H and O–H groups in total. The van der Waals surface area contributed by atoms with Crippen molar-refractivity contribution in [3.05, 3.63) is 64.1 Å². The molecule has 6 nitrogen and oxygen atoms in total. The Balaban J connectivity index is 2.00. The molecule has 0 fully saturated rings. The second kappa shape index (κ2) is 7.98. The lowest BCUT2D eigenvalue weighted by Crippen LogP contribution is -2.43. The van der Waals surface area contributed by atoms with Gasteiger partial charge in [-0.15, -0.1) is 0 Å². The second-order valence-corrected chi connectivity index (χ2v) is 10.4. The Labute approximate surface area is 195 Å². The van der Waals surface area contributed by atoms with E-state index in [1.165, 1.54) is 17.6 Å². The van der Waals surface area contributed by atoms with E-state index in [-0.39, 0.29) is 28.2 Å². The first-order chi connectivity index (χ1) is 16.0. The molecule has 0 unspecified atom stereocenters. The zero-order chi connectivity index (χ0) is 26.1. The van der Waals surface area contributed by atoms with E-state index in [1.807, 2.05) is 0 Å². The number of likely N-dealkylation sites (N-methyl/N-ethyl adjacent to an activating group) is 1. The van der Waals surface area contributed by atoms with Gasteiger partial charge in [0.2, 0.25) is 10.0 Å². The van der Waals surface area contributed by atoms with Crippen LogP contribution in [0.4, 0.5) is 26.3 Å². The molecular formula is C22H18F6N2O4S. The highest BCUT2D eigenvalue weighted by Gasteiger charge is 2.48. The highest BCUT2D eigenvalue weighted by Crippen LogP contribution is 2.45. The van der Waals surface area contributed by atoms with Crippen molar-refractivity contribution in [1.82, 2.24) is 8.87 Å². The number of alkyl halides is 5. The predicted molar refractivity (Wildman–Crippen MR) is 112 cm³/mol. The maximum atomic E-state index is 14.8. The maximum absolute atomic E-state index is 14.8. The van der Waals surface area contributed by atoms with Gasteiger partial charge in [0.05, 0.1) is 17.0 Å². The minimum absolute atomic E-state index is 0.102. The molecule has 0 radical (unpaired) electrons. The molecule has 0 aliphatic carbocycles. The van der Waals surface area contributed by atoms with Crippen molar-refractivity contribution in [3.63, 3.8) is 0 Å². The summed E-state index contributed by atoms with van der Waals surface area (Å²) in [5.74, 6) is -5.74. The number of sulfonamides is 1. The first-order valence-electron chi connectivity index (χ1n) is 10.1. The fraction of sp³-hybridized carbons (Fsp3) is 0.318. The van der Waals surface area contributed by atoms with Crippen LogP contribution in [0.3, 0.4) is 0 Å². The number of aliphatic carboxylic acids is 1. The summed E-state index contributed by atoms with van der Waals surface area (Å²) in [5, 5.41) is 9.35. The maximum Gasteiger partial charge on any atom is 0.416 e. The zero-order valence-electron chi connectivity index (χ0n) is 18.3. The van der Waals surface area contributed by atoms with Crippen LogP contribution in [0.2, 0.25) is 0 Å². The van der Waals surface area contributed by atoms with E-state index in [1.54, 1.807) is 0 Å². The summed E-state index contributed by atoms with van der Waals surface area (Å²) < 4.78 is 112. The van der Waals surface area contributed by atoms with Gasteiger partial charge in [0.25, 0.3) is 5.92 Å². The Morgan fingerprint density at radius 2 is 1.83 bits per heavy atom. The van der Waals surface area contributed by atoms with Crippen molar-refractivity contribution < 1.29 is 44.7 Å². The van der Waals surface area contributed by atoms with Crippen molar-refractivity contribution >= 4 is 26.9 Å². The van der Waals surface area contributed by atoms with Gasteiger partial charge >= 0.3 is 12.1 Å². The number of fused-ring (bicyclic) bond motifs is 2. The molecule has 3 aromatic rings. The van der Waals surface area contributed by atoms with Crippen molar-refractivity contribution in [2.45, 2.75) is 36.9 Å². The largest absolute Gasteiger partial charge is 0.480 e. The Morgan fingerprint density at radius 3 is 2.43 bits per heavy atom. The standard InChI is InChI=1S/C22H18F6N2O4S/c1-11-14(15-7-13(23)3-4-18(15)30(11)9-20(31)32)5-12-6-17-19(8-16(12)22(26,27)28)35(33,34)29(2)10-21(17,24)25/h3-4,6-8H,5,9-10H2,1-2H3,(H,31,32). The molecule has 1 aliphatic heterocycles. The molecule has 35 heavy (non-hydrogen) atoms. The smallest absolute Gasteiger partial charge is 0.416 e. The molecule has 0 saturated carbocycles. The number of halogens is 6. The number of nitrogens with zero attached hydrogens (tertiary/aromatic N) is 2. The van der Waals surface area contributed by atoms with Gasteiger partial charge in [-0.3, -0.25) is 4.79 Å². The van der Waals surface area contributed by atoms with E-state index in [4.69, 9.17) is 0 Å². The minimum atomic E-state index is -5.09. The van der Waals surface area contributed by atoms with E-state index in [0.29, 0.717) is 10.4 Å². The highest BCUT2D eigenvalue weighted by atomic mass is 32.2. The van der Waals surface area contributed by atoms with Gasteiger partial charge in [-0.2, -0.15) is 26.3 Å². The Kier molecular flexibility index (Phi) is 5.71. The Morgan fingerprint density at radius 1 is 1.17 bits per heavy atom. The number of aromatic nitrogens is 1. The summed E-state index contributed by atoms with van der Waals surface area (Å²) in [6.45, 7) is -0.377. The van der Waals surface area contributed by atoms with Gasteiger partial charge < -0.3 is 9.67 Å². The van der Waals surface area contributed by atoms with Crippen molar-refractivity contribution in [3.8, 4) is 0 Å². The normalized spacial score (nSPS) is 17.5. The third-order valence-corrected chi connectivity index (χ3v) is 7.93. The van der Waals surface area contributed by atoms with Gasteiger partial charge in [-0.1, -0.05) is 0 Å². The fourth-order valence-electron chi connectivity index (χ4n) is 4.43. The van der Waals surface area contributed by atoms with E-state index < -0.39 is 75.0 Å². The molecule has 13 heteroatoms. The molecule has 188 valence electrons. The molecule has 2 heterocycles. The lowest BCUT2D eigenvalue weighted by atomic mass is 9.93. The lowest BCUT2D eigenvalue weighted by Gasteiger charge is -2.32. The van der Waals surface area contributed by atoms with Crippen LogP contribution in [0.5, 0.6) is 0 Å². The number of benzene rings is 2. The zero-order valence-corrected chi connectivity index (χ0v) is 19.1. The van der Waals surface area contributed by atoms with E-state index in [9.17, 15) is 44.7 Å². The predicted octanol–water partition coefficient (Wildman–Crippen LogP) is 4.51. The average molecular weight is 520 g/mol. The number of rotatable bonds is 4. The highest BCUT2D eigenvalue weighted by molar-refractivity contribution is 7.89. The third kappa shape index (κ3) is 4.16. The number of carbonyl (C=O) groups is 1. The Hall–Kier alpha value is -3.06. The molecule has 0 bridgehead atoms. The molecule has 4 rings (SSSR count). The monoisotopic (exact) mass is 520 g/mol. The first kappa shape index (κ1) is 25.0. The molecule has 0 saturated heterocycles. The van der Waals surface area contributed by atoms with Crippen LogP contribution < -0.4 is 0 Å². The SMILES string of the molecule is Cc1c(Cc2cc3c(cc2C(F)(F)F)S(=O)(=O)N(C)CC3(F)F)c2cc(F)ccc2n1CC(=O)O. The number of hydrogen-bond acceptors (Lipinski definition) is 3. The van der Waals surface area contributed by atoms with Crippen molar-refractivity contribution in [2.24, 2.45) is 0 Å².